The Balaban J connectivity index is 3.94. The lowest BCUT2D eigenvalue weighted by Gasteiger charge is -2.03. The molecular weight excluding hydrogens is 181 g/mol. The van der Waals surface area contributed by atoms with E-state index in [-0.39, 0.29) is 0 Å². The second-order valence-corrected chi connectivity index (χ2v) is 1.77. The third-order valence-corrected chi connectivity index (χ3v) is 1.12. The van der Waals surface area contributed by atoms with E-state index >= 15 is 0 Å². The van der Waals surface area contributed by atoms with Gasteiger partial charge in [-0.25, -0.2) is 0 Å². The van der Waals surface area contributed by atoms with Crippen LogP contribution in [0.15, 0.2) is 0 Å². The molecule has 0 aromatic carbocycles. The topological polar surface area (TPSA) is 84.2 Å². The maximum Gasteiger partial charge on any atom is 0.261 e. The van der Waals surface area contributed by atoms with E-state index in [1.807, 2.05) is 0 Å². The summed E-state index contributed by atoms with van der Waals surface area (Å²) in [4.78, 5) is 24.2. The van der Waals surface area contributed by atoms with E-state index in [0.717, 1.165) is 0 Å². The molecule has 0 aliphatic heterocycles. The first-order chi connectivity index (χ1) is 4.63. The Hall–Kier alpha value is -0.520. The van der Waals surface area contributed by atoms with Gasteiger partial charge in [0, 0.05) is 23.6 Å². The number of nitrogens with one attached hydrogen (secondary N) is 2. The number of hydrogen-bond donors (Lipinski definition) is 3. The van der Waals surface area contributed by atoms with E-state index in [4.69, 9.17) is 29.3 Å². The molecule has 0 atom stereocenters. The second-order valence-electron chi connectivity index (χ2n) is 1.40. The average molecular weight is 186 g/mol. The van der Waals surface area contributed by atoms with Gasteiger partial charge in [-0.3, -0.25) is 19.3 Å². The van der Waals surface area contributed by atoms with Gasteiger partial charge in [-0.15, -0.1) is 0 Å². The summed E-state index contributed by atoms with van der Waals surface area (Å²) in [5.74, 6) is -1.61. The van der Waals surface area contributed by atoms with Crippen LogP contribution in [0.1, 0.15) is 0 Å². The summed E-state index contributed by atoms with van der Waals surface area (Å²) in [5, 5.41) is 0. The Morgan fingerprint density at radius 2 is 1.50 bits per heavy atom. The molecule has 0 fully saturated rings. The fourth-order valence-electron chi connectivity index (χ4n) is 0.237. The number of hydrogen-bond acceptors (Lipinski definition) is 3. The lowest BCUT2D eigenvalue weighted by molar-refractivity contribution is -0.129. The highest BCUT2D eigenvalue weighted by atomic mass is 35.5. The lowest BCUT2D eigenvalue weighted by atomic mass is 10.3. The summed E-state index contributed by atoms with van der Waals surface area (Å²) in [5.41, 5.74) is 4.99. The fraction of sp³-hybridized carbons (Fsp3) is 0.333. The molecule has 0 bridgehead atoms. The molecule has 5 nitrogen and oxygen atoms in total. The lowest BCUT2D eigenvalue weighted by Crippen LogP contribution is -2.46. The zero-order chi connectivity index (χ0) is 8.15. The van der Waals surface area contributed by atoms with E-state index in [2.05, 4.69) is 0 Å². The zero-order valence-electron chi connectivity index (χ0n) is 4.73. The van der Waals surface area contributed by atoms with Crippen molar-refractivity contribution in [1.82, 2.24) is 9.67 Å². The van der Waals surface area contributed by atoms with Crippen molar-refractivity contribution in [3.63, 3.8) is 0 Å². The van der Waals surface area contributed by atoms with Crippen molar-refractivity contribution in [2.24, 2.45) is 5.73 Å². The van der Waals surface area contributed by atoms with Crippen LogP contribution in [0.4, 0.5) is 0 Å². The number of carbonyl (C=O) groups excluding carboxylic acids is 2. The Morgan fingerprint density at radius 1 is 1.20 bits per heavy atom. The predicted octanol–water partition coefficient (Wildman–Crippen LogP) is -1.15. The summed E-state index contributed by atoms with van der Waals surface area (Å²) in [6, 6.07) is -1.37. The predicted molar refractivity (Wildman–Crippen MR) is 36.0 cm³/mol. The van der Waals surface area contributed by atoms with Gasteiger partial charge in [0.15, 0.2) is 6.04 Å². The molecule has 0 aliphatic carbocycles. The van der Waals surface area contributed by atoms with Crippen LogP contribution in [0, 0.1) is 0 Å². The smallest absolute Gasteiger partial charge is 0.261 e. The SMILES string of the molecule is NC(C(=O)NCl)C(=O)NCl. The van der Waals surface area contributed by atoms with Crippen molar-refractivity contribution >= 4 is 35.4 Å². The standard InChI is InChI=1S/C3H5Cl2N3O2/c4-7-2(9)1(6)3(10)8-5/h1H,6H2,(H,7,9)(H,8,10). The van der Waals surface area contributed by atoms with Crippen LogP contribution in [-0.4, -0.2) is 17.9 Å². The minimum absolute atomic E-state index is 0.806. The van der Waals surface area contributed by atoms with Crippen molar-refractivity contribution in [2.45, 2.75) is 6.04 Å². The maximum absolute atomic E-state index is 10.4. The molecular formula is C3H5Cl2N3O2. The van der Waals surface area contributed by atoms with Gasteiger partial charge in [-0.05, 0) is 0 Å². The van der Waals surface area contributed by atoms with Gasteiger partial charge in [-0.2, -0.15) is 0 Å². The zero-order valence-corrected chi connectivity index (χ0v) is 6.24. The molecule has 0 saturated heterocycles. The highest BCUT2D eigenvalue weighted by Gasteiger charge is 2.20. The first-order valence-electron chi connectivity index (χ1n) is 2.20. The van der Waals surface area contributed by atoms with E-state index in [0.29, 0.717) is 0 Å². The van der Waals surface area contributed by atoms with Crippen LogP contribution < -0.4 is 15.4 Å². The van der Waals surface area contributed by atoms with Crippen LogP contribution in [-0.2, 0) is 9.59 Å². The van der Waals surface area contributed by atoms with Crippen LogP contribution >= 0.6 is 23.6 Å². The molecule has 2 amide bonds. The number of nitrogens with two attached hydrogens (primary N) is 1. The van der Waals surface area contributed by atoms with Crippen LogP contribution in [0.5, 0.6) is 0 Å². The molecule has 7 heteroatoms. The maximum atomic E-state index is 10.4. The summed E-state index contributed by atoms with van der Waals surface area (Å²) in [6.07, 6.45) is 0. The highest BCUT2D eigenvalue weighted by Crippen LogP contribution is 1.81. The van der Waals surface area contributed by atoms with Gasteiger partial charge < -0.3 is 5.73 Å². The fourth-order valence-corrected chi connectivity index (χ4v) is 0.472. The second kappa shape index (κ2) is 4.32. The number of amides is 2. The summed E-state index contributed by atoms with van der Waals surface area (Å²) in [6.45, 7) is 0. The molecule has 0 radical (unpaired) electrons. The molecule has 0 spiro atoms. The molecule has 0 aromatic heterocycles. The minimum Gasteiger partial charge on any atom is -0.312 e. The highest BCUT2D eigenvalue weighted by molar-refractivity contribution is 6.28. The Bertz CT molecular complexity index is 135. The first kappa shape index (κ1) is 9.48. The summed E-state index contributed by atoms with van der Waals surface area (Å²) in [7, 11) is 0. The number of carbonyl (C=O) groups is 2. The van der Waals surface area contributed by atoms with Crippen LogP contribution in [0.2, 0.25) is 0 Å². The molecule has 0 aliphatic rings. The van der Waals surface area contributed by atoms with Gasteiger partial charge in [-0.1, -0.05) is 0 Å². The average Bonchev–Trinajstić information content (AvgIpc) is 2.00. The Labute approximate surface area is 67.1 Å². The Kier molecular flexibility index (Phi) is 4.10. The normalized spacial score (nSPS) is 9.20. The summed E-state index contributed by atoms with van der Waals surface area (Å²) < 4.78 is 0. The monoisotopic (exact) mass is 185 g/mol. The van der Waals surface area contributed by atoms with Crippen molar-refractivity contribution in [1.29, 1.82) is 0 Å². The van der Waals surface area contributed by atoms with E-state index in [1.54, 1.807) is 9.67 Å². The van der Waals surface area contributed by atoms with E-state index < -0.39 is 17.9 Å². The largest absolute Gasteiger partial charge is 0.312 e. The number of halogens is 2. The molecule has 58 valence electrons. The van der Waals surface area contributed by atoms with Gasteiger partial charge in [0.2, 0.25) is 0 Å². The number of rotatable bonds is 2. The quantitative estimate of drug-likeness (QED) is 0.376. The molecule has 0 saturated carbocycles. The molecule has 0 aromatic rings. The van der Waals surface area contributed by atoms with E-state index in [1.165, 1.54) is 0 Å². The van der Waals surface area contributed by atoms with Crippen molar-refractivity contribution < 1.29 is 9.59 Å². The Morgan fingerprint density at radius 3 is 1.70 bits per heavy atom. The molecule has 0 unspecified atom stereocenters. The van der Waals surface area contributed by atoms with Crippen molar-refractivity contribution in [2.75, 3.05) is 0 Å². The van der Waals surface area contributed by atoms with Gasteiger partial charge in [0.25, 0.3) is 11.8 Å². The molecule has 4 N–H and O–H groups in total. The molecule has 0 rings (SSSR count). The van der Waals surface area contributed by atoms with Gasteiger partial charge in [0.05, 0.1) is 0 Å². The molecule has 0 heterocycles. The molecule has 10 heavy (non-hydrogen) atoms. The van der Waals surface area contributed by atoms with Gasteiger partial charge >= 0.3 is 0 Å². The van der Waals surface area contributed by atoms with Crippen molar-refractivity contribution in [3.8, 4) is 0 Å². The van der Waals surface area contributed by atoms with Crippen molar-refractivity contribution in [3.05, 3.63) is 0 Å². The first-order valence-corrected chi connectivity index (χ1v) is 2.95. The summed E-state index contributed by atoms with van der Waals surface area (Å²) >= 11 is 9.69. The van der Waals surface area contributed by atoms with E-state index in [9.17, 15) is 9.59 Å². The third kappa shape index (κ3) is 2.38. The minimum atomic E-state index is -1.37. The third-order valence-electron chi connectivity index (χ3n) is 0.751. The van der Waals surface area contributed by atoms with Crippen LogP contribution in [0.25, 0.3) is 0 Å². The van der Waals surface area contributed by atoms with Crippen LogP contribution in [0.3, 0.4) is 0 Å². The van der Waals surface area contributed by atoms with Gasteiger partial charge in [0.1, 0.15) is 0 Å².